The quantitative estimate of drug-likeness (QED) is 0.415. The topological polar surface area (TPSA) is 148 Å². The molecule has 0 bridgehead atoms. The number of hydrogen-bond donors (Lipinski definition) is 2. The number of piperidine rings is 2. The number of carbonyl (C=O) groups is 4. The molecule has 7 rings (SSSR count). The number of sulfone groups is 1. The third-order valence-corrected chi connectivity index (χ3v) is 11.9. The van der Waals surface area contributed by atoms with E-state index in [9.17, 15) is 37.1 Å². The Bertz CT molecular complexity index is 1790. The Labute approximate surface area is 278 Å². The van der Waals surface area contributed by atoms with Gasteiger partial charge >= 0.3 is 0 Å². The van der Waals surface area contributed by atoms with Crippen LogP contribution in [0.25, 0.3) is 0 Å². The molecule has 2 aromatic rings. The summed E-state index contributed by atoms with van der Waals surface area (Å²) in [6, 6.07) is 7.49. The summed E-state index contributed by atoms with van der Waals surface area (Å²) in [4.78, 5) is 58.6. The normalized spacial score (nSPS) is 25.5. The molecule has 5 aliphatic rings. The van der Waals surface area contributed by atoms with Gasteiger partial charge in [-0.25, -0.2) is 12.8 Å². The number of anilines is 2. The molecule has 0 saturated carbocycles. The second kappa shape index (κ2) is 12.5. The van der Waals surface area contributed by atoms with Crippen LogP contribution in [0.1, 0.15) is 70.1 Å². The summed E-state index contributed by atoms with van der Waals surface area (Å²) >= 11 is 0. The van der Waals surface area contributed by atoms with Crippen LogP contribution in [0.15, 0.2) is 35.2 Å². The van der Waals surface area contributed by atoms with E-state index in [2.05, 4.69) is 20.0 Å². The first-order valence-corrected chi connectivity index (χ1v) is 18.6. The lowest BCUT2D eigenvalue weighted by atomic mass is 9.92. The van der Waals surface area contributed by atoms with Crippen molar-refractivity contribution in [2.24, 2.45) is 5.92 Å². The monoisotopic (exact) mass is 681 g/mol. The van der Waals surface area contributed by atoms with Gasteiger partial charge < -0.3 is 14.9 Å². The van der Waals surface area contributed by atoms with E-state index in [1.54, 1.807) is 18.2 Å². The Balaban J connectivity index is 0.933. The van der Waals surface area contributed by atoms with Crippen molar-refractivity contribution in [1.29, 1.82) is 0 Å². The first-order valence-electron chi connectivity index (χ1n) is 16.7. The first kappa shape index (κ1) is 32.7. The minimum absolute atomic E-state index is 0.00909. The molecule has 2 N–H and O–H groups in total. The molecule has 1 aliphatic carbocycles. The number of alkyl halides is 1. The first-order chi connectivity index (χ1) is 22.9. The number of imide groups is 2. The lowest BCUT2D eigenvalue weighted by molar-refractivity contribution is -0.136. The molecule has 2 aromatic carbocycles. The predicted octanol–water partition coefficient (Wildman–Crippen LogP) is 1.85. The van der Waals surface area contributed by atoms with Crippen LogP contribution < -0.4 is 15.1 Å². The molecule has 14 heteroatoms. The maximum atomic E-state index is 14.6. The maximum absolute atomic E-state index is 14.6. The molecule has 48 heavy (non-hydrogen) atoms. The van der Waals surface area contributed by atoms with Crippen LogP contribution in [0.5, 0.6) is 0 Å². The van der Waals surface area contributed by atoms with Crippen LogP contribution in [0.4, 0.5) is 15.8 Å². The summed E-state index contributed by atoms with van der Waals surface area (Å²) in [5.41, 5.74) is 2.93. The van der Waals surface area contributed by atoms with E-state index in [-0.39, 0.29) is 35.3 Å². The largest absolute Gasteiger partial charge is 0.385 e. The van der Waals surface area contributed by atoms with Crippen LogP contribution in [-0.4, -0.2) is 111 Å². The zero-order valence-electron chi connectivity index (χ0n) is 26.9. The molecular formula is C34H40FN5O7S. The summed E-state index contributed by atoms with van der Waals surface area (Å²) in [7, 11) is -3.60. The minimum atomic E-state index is -3.60. The van der Waals surface area contributed by atoms with Gasteiger partial charge in [-0.3, -0.25) is 34.3 Å². The van der Waals surface area contributed by atoms with Crippen molar-refractivity contribution in [3.63, 3.8) is 0 Å². The average molecular weight is 682 g/mol. The van der Waals surface area contributed by atoms with Crippen molar-refractivity contribution >= 4 is 44.8 Å². The summed E-state index contributed by atoms with van der Waals surface area (Å²) in [5, 5.41) is 12.7. The number of hydrogen-bond acceptors (Lipinski definition) is 10. The second-order valence-electron chi connectivity index (χ2n) is 13.6. The van der Waals surface area contributed by atoms with E-state index < -0.39 is 51.8 Å². The molecule has 4 aliphatic heterocycles. The molecule has 4 heterocycles. The van der Waals surface area contributed by atoms with Gasteiger partial charge in [-0.2, -0.15) is 0 Å². The van der Waals surface area contributed by atoms with Crippen molar-refractivity contribution in [2.75, 3.05) is 61.9 Å². The van der Waals surface area contributed by atoms with Gasteiger partial charge in [-0.05, 0) is 68.0 Å². The van der Waals surface area contributed by atoms with Crippen molar-refractivity contribution in [1.82, 2.24) is 15.1 Å². The number of amides is 4. The van der Waals surface area contributed by atoms with Crippen molar-refractivity contribution in [2.45, 2.75) is 61.7 Å². The lowest BCUT2D eigenvalue weighted by Crippen LogP contribution is -2.54. The number of fused-ring (bicyclic) bond motifs is 2. The molecule has 12 nitrogen and oxygen atoms in total. The number of aliphatic hydroxyl groups is 1. The Morgan fingerprint density at radius 3 is 2.29 bits per heavy atom. The molecule has 3 atom stereocenters. The fraction of sp³-hybridized carbons (Fsp3) is 0.529. The van der Waals surface area contributed by atoms with Crippen LogP contribution >= 0.6 is 0 Å². The zero-order chi connectivity index (χ0) is 33.9. The third kappa shape index (κ3) is 5.77. The van der Waals surface area contributed by atoms with Gasteiger partial charge in [-0.1, -0.05) is 6.07 Å². The molecule has 3 fully saturated rings. The third-order valence-electron chi connectivity index (χ3n) is 10.7. The highest BCUT2D eigenvalue weighted by Gasteiger charge is 2.46. The number of halogens is 1. The van der Waals surface area contributed by atoms with E-state index in [4.69, 9.17) is 0 Å². The Morgan fingerprint density at radius 1 is 0.896 bits per heavy atom. The Morgan fingerprint density at radius 2 is 1.60 bits per heavy atom. The van der Waals surface area contributed by atoms with Crippen molar-refractivity contribution < 1.29 is 37.1 Å². The number of nitrogens with one attached hydrogen (secondary N) is 1. The smallest absolute Gasteiger partial charge is 0.264 e. The highest BCUT2D eigenvalue weighted by atomic mass is 32.2. The van der Waals surface area contributed by atoms with Crippen LogP contribution in [0.2, 0.25) is 0 Å². The second-order valence-corrected chi connectivity index (χ2v) is 15.6. The molecule has 256 valence electrons. The number of benzene rings is 2. The predicted molar refractivity (Wildman–Crippen MR) is 174 cm³/mol. The maximum Gasteiger partial charge on any atom is 0.264 e. The van der Waals surface area contributed by atoms with Gasteiger partial charge in [0.2, 0.25) is 11.8 Å². The van der Waals surface area contributed by atoms with Gasteiger partial charge in [0, 0.05) is 69.6 Å². The lowest BCUT2D eigenvalue weighted by Gasteiger charge is -2.38. The van der Waals surface area contributed by atoms with Crippen LogP contribution in [-0.2, 0) is 25.8 Å². The molecule has 0 aromatic heterocycles. The number of carbonyl (C=O) groups excluding carboxylic acids is 4. The average Bonchev–Trinajstić information content (AvgIpc) is 3.50. The zero-order valence-corrected chi connectivity index (χ0v) is 27.7. The standard InChI is InChI=1S/C34H40FN5O7S/c1-48(46,47)27-7-5-24(22-19-23(35)31(42)30(22)27)38-13-10-20(11-14-38)9-12-37-15-17-39(18-16-37)25-4-2-3-21-29(25)34(45)40(33(21)44)26-6-8-28(41)36-32(26)43/h2-5,7,20,23,26,31,42H,6,8-19H2,1H3,(H,36,41,43)/t23-,26?,31+/m1/s1. The Kier molecular flexibility index (Phi) is 8.53. The van der Waals surface area contributed by atoms with E-state index in [1.165, 1.54) is 6.07 Å². The van der Waals surface area contributed by atoms with Crippen LogP contribution in [0, 0.1) is 5.92 Å². The van der Waals surface area contributed by atoms with Gasteiger partial charge in [-0.15, -0.1) is 0 Å². The van der Waals surface area contributed by atoms with Gasteiger partial charge in [0.15, 0.2) is 9.84 Å². The summed E-state index contributed by atoms with van der Waals surface area (Å²) in [6.45, 7) is 5.45. The molecule has 1 unspecified atom stereocenters. The highest BCUT2D eigenvalue weighted by Crippen LogP contribution is 2.43. The number of rotatable bonds is 7. The summed E-state index contributed by atoms with van der Waals surface area (Å²) in [5.74, 6) is -1.51. The molecular weight excluding hydrogens is 641 g/mol. The van der Waals surface area contributed by atoms with Gasteiger partial charge in [0.25, 0.3) is 11.8 Å². The SMILES string of the molecule is CS(=O)(=O)c1ccc(N2CCC(CCN3CCN(c4cccc5c4C(=O)N(C4CCC(=O)NC4=O)C5=O)CC3)CC2)c2c1[C@@H](O)[C@H](F)C2. The Hall–Kier alpha value is -3.88. The van der Waals surface area contributed by atoms with Crippen molar-refractivity contribution in [3.8, 4) is 0 Å². The fourth-order valence-electron chi connectivity index (χ4n) is 8.08. The number of piperazine rings is 1. The number of nitrogens with zero attached hydrogens (tertiary/aromatic N) is 4. The molecule has 4 amide bonds. The fourth-order valence-corrected chi connectivity index (χ4v) is 9.04. The van der Waals surface area contributed by atoms with Crippen LogP contribution in [0.3, 0.4) is 0 Å². The summed E-state index contributed by atoms with van der Waals surface area (Å²) in [6.07, 6.45) is 1.29. The molecule has 3 saturated heterocycles. The van der Waals surface area contributed by atoms with E-state index in [0.717, 1.165) is 68.8 Å². The van der Waals surface area contributed by atoms with Gasteiger partial charge in [0.1, 0.15) is 18.3 Å². The molecule has 0 radical (unpaired) electrons. The summed E-state index contributed by atoms with van der Waals surface area (Å²) < 4.78 is 39.2. The van der Waals surface area contributed by atoms with E-state index in [0.29, 0.717) is 35.8 Å². The number of aliphatic hydroxyl groups excluding tert-OH is 1. The highest BCUT2D eigenvalue weighted by molar-refractivity contribution is 7.90. The van der Waals surface area contributed by atoms with E-state index >= 15 is 0 Å². The minimum Gasteiger partial charge on any atom is -0.385 e. The van der Waals surface area contributed by atoms with E-state index in [1.807, 2.05) is 6.07 Å². The van der Waals surface area contributed by atoms with Crippen molar-refractivity contribution in [3.05, 3.63) is 52.6 Å². The van der Waals surface area contributed by atoms with Gasteiger partial charge in [0.05, 0.1) is 21.7 Å². The molecule has 0 spiro atoms.